The smallest absolute Gasteiger partial charge is 0.416 e. The minimum atomic E-state index is -4.51. The first-order chi connectivity index (χ1) is 16.0. The normalized spacial score (nSPS) is 19.4. The van der Waals surface area contributed by atoms with E-state index in [1.807, 2.05) is 13.8 Å². The maximum atomic E-state index is 13.3. The van der Waals surface area contributed by atoms with E-state index < -0.39 is 33.3 Å². The van der Waals surface area contributed by atoms with E-state index in [1.165, 1.54) is 12.1 Å². The van der Waals surface area contributed by atoms with E-state index in [1.54, 1.807) is 18.2 Å². The molecule has 0 atom stereocenters. The minimum absolute atomic E-state index is 0.0876. The van der Waals surface area contributed by atoms with Crippen molar-refractivity contribution in [3.63, 3.8) is 0 Å². The molecule has 2 N–H and O–H groups in total. The van der Waals surface area contributed by atoms with Gasteiger partial charge in [0.25, 0.3) is 0 Å². The van der Waals surface area contributed by atoms with Gasteiger partial charge in [0.15, 0.2) is 0 Å². The molecule has 0 saturated carbocycles. The Morgan fingerprint density at radius 3 is 2.62 bits per heavy atom. The summed E-state index contributed by atoms with van der Waals surface area (Å²) in [5.74, 6) is -0.434. The number of alkyl halides is 3. The lowest BCUT2D eigenvalue weighted by molar-refractivity contribution is -0.137. The van der Waals surface area contributed by atoms with Crippen LogP contribution in [0.4, 0.5) is 24.5 Å². The Hall–Kier alpha value is -3.01. The summed E-state index contributed by atoms with van der Waals surface area (Å²) in [4.78, 5) is 13.0. The molecule has 2 aliphatic heterocycles. The van der Waals surface area contributed by atoms with Crippen LogP contribution in [0.15, 0.2) is 42.5 Å². The third kappa shape index (κ3) is 4.77. The van der Waals surface area contributed by atoms with Crippen molar-refractivity contribution in [1.29, 1.82) is 0 Å². The number of amides is 1. The summed E-state index contributed by atoms with van der Waals surface area (Å²) in [7, 11) is -3.40. The first kappa shape index (κ1) is 24.1. The highest BCUT2D eigenvalue weighted by molar-refractivity contribution is 7.92. The average molecular weight is 495 g/mol. The molecular formula is C24H25F3N2O4S. The molecule has 2 aliphatic rings. The molecule has 2 aromatic rings. The Kier molecular flexibility index (Phi) is 6.14. The zero-order chi connectivity index (χ0) is 24.7. The van der Waals surface area contributed by atoms with Gasteiger partial charge >= 0.3 is 6.18 Å². The SMILES string of the molecule is CCC1(CC)CC(=CC(=O)Nc2cccc3c2CCS(=O)(=O)N3)c2ccc(C(F)(F)F)cc2O1. The minimum Gasteiger partial charge on any atom is -0.486 e. The molecule has 4 rings (SSSR count). The number of carbonyl (C=O) groups is 1. The van der Waals surface area contributed by atoms with E-state index in [4.69, 9.17) is 4.74 Å². The Morgan fingerprint density at radius 2 is 1.94 bits per heavy atom. The van der Waals surface area contributed by atoms with Crippen LogP contribution in [0.1, 0.15) is 49.8 Å². The number of hydrogen-bond donors (Lipinski definition) is 2. The van der Waals surface area contributed by atoms with Crippen molar-refractivity contribution >= 4 is 32.9 Å². The number of halogens is 3. The predicted molar refractivity (Wildman–Crippen MR) is 124 cm³/mol. The molecular weight excluding hydrogens is 469 g/mol. The van der Waals surface area contributed by atoms with Crippen molar-refractivity contribution in [2.75, 3.05) is 15.8 Å². The average Bonchev–Trinajstić information content (AvgIpc) is 2.77. The van der Waals surface area contributed by atoms with Crippen LogP contribution < -0.4 is 14.8 Å². The van der Waals surface area contributed by atoms with Gasteiger partial charge in [0, 0.05) is 29.3 Å². The third-order valence-electron chi connectivity index (χ3n) is 6.41. The molecule has 34 heavy (non-hydrogen) atoms. The highest BCUT2D eigenvalue weighted by atomic mass is 32.2. The molecule has 0 radical (unpaired) electrons. The fourth-order valence-corrected chi connectivity index (χ4v) is 5.49. The summed E-state index contributed by atoms with van der Waals surface area (Å²) in [6, 6.07) is 8.26. The van der Waals surface area contributed by atoms with Gasteiger partial charge < -0.3 is 10.1 Å². The molecule has 0 aromatic heterocycles. The first-order valence-corrected chi connectivity index (χ1v) is 12.6. The lowest BCUT2D eigenvalue weighted by atomic mass is 9.83. The molecule has 2 aromatic carbocycles. The van der Waals surface area contributed by atoms with Crippen LogP contribution in [-0.2, 0) is 27.4 Å². The summed E-state index contributed by atoms with van der Waals surface area (Å²) in [5, 5.41) is 2.80. The lowest BCUT2D eigenvalue weighted by Crippen LogP contribution is -2.38. The molecule has 2 heterocycles. The second-order valence-corrected chi connectivity index (χ2v) is 10.4. The topological polar surface area (TPSA) is 84.5 Å². The maximum Gasteiger partial charge on any atom is 0.416 e. The maximum absolute atomic E-state index is 13.3. The van der Waals surface area contributed by atoms with Gasteiger partial charge in [-0.25, -0.2) is 8.42 Å². The van der Waals surface area contributed by atoms with Crippen LogP contribution in [0.25, 0.3) is 5.57 Å². The number of fused-ring (bicyclic) bond motifs is 2. The molecule has 0 spiro atoms. The van der Waals surface area contributed by atoms with Crippen molar-refractivity contribution in [1.82, 2.24) is 0 Å². The van der Waals surface area contributed by atoms with Crippen LogP contribution in [0.5, 0.6) is 5.75 Å². The van der Waals surface area contributed by atoms with Crippen LogP contribution in [0.3, 0.4) is 0 Å². The zero-order valence-electron chi connectivity index (χ0n) is 18.8. The van der Waals surface area contributed by atoms with Crippen LogP contribution in [-0.4, -0.2) is 25.7 Å². The molecule has 1 amide bonds. The summed E-state index contributed by atoms with van der Waals surface area (Å²) in [6.07, 6.45) is -1.37. The Morgan fingerprint density at radius 1 is 1.21 bits per heavy atom. The third-order valence-corrected chi connectivity index (χ3v) is 7.68. The van der Waals surface area contributed by atoms with Crippen molar-refractivity contribution < 1.29 is 31.1 Å². The predicted octanol–water partition coefficient (Wildman–Crippen LogP) is 5.37. The summed E-state index contributed by atoms with van der Waals surface area (Å²) in [6.45, 7) is 3.80. The Labute approximate surface area is 196 Å². The monoisotopic (exact) mass is 494 g/mol. The zero-order valence-corrected chi connectivity index (χ0v) is 19.6. The largest absolute Gasteiger partial charge is 0.486 e. The van der Waals surface area contributed by atoms with E-state index in [0.717, 1.165) is 12.1 Å². The standard InChI is InChI=1S/C24H25F3N2O4S/c1-3-23(4-2)14-15(17-9-8-16(24(25,26)27)13-21(17)33-23)12-22(30)28-19-6-5-7-20-18(19)10-11-34(31,32)29-20/h5-9,12-13,29H,3-4,10-11,14H2,1-2H3,(H,28,30). The highest BCUT2D eigenvalue weighted by Gasteiger charge is 2.38. The number of hydrogen-bond acceptors (Lipinski definition) is 4. The van der Waals surface area contributed by atoms with E-state index >= 15 is 0 Å². The second-order valence-electron chi connectivity index (χ2n) is 8.54. The van der Waals surface area contributed by atoms with Gasteiger partial charge in [-0.05, 0) is 49.1 Å². The number of carbonyl (C=O) groups excluding carboxylic acids is 1. The van der Waals surface area contributed by atoms with Gasteiger partial charge in [-0.3, -0.25) is 9.52 Å². The van der Waals surface area contributed by atoms with Crippen molar-refractivity contribution in [3.05, 3.63) is 59.2 Å². The van der Waals surface area contributed by atoms with Gasteiger partial charge in [-0.2, -0.15) is 13.2 Å². The highest BCUT2D eigenvalue weighted by Crippen LogP contribution is 2.45. The number of ether oxygens (including phenoxy) is 1. The Balaban J connectivity index is 1.68. The van der Waals surface area contributed by atoms with Gasteiger partial charge in [-0.15, -0.1) is 0 Å². The first-order valence-electron chi connectivity index (χ1n) is 11.0. The fourth-order valence-electron chi connectivity index (χ4n) is 4.38. The molecule has 10 heteroatoms. The van der Waals surface area contributed by atoms with Crippen molar-refractivity contribution in [2.45, 2.75) is 51.3 Å². The van der Waals surface area contributed by atoms with E-state index in [2.05, 4.69) is 10.0 Å². The van der Waals surface area contributed by atoms with Gasteiger partial charge in [0.2, 0.25) is 15.9 Å². The summed E-state index contributed by atoms with van der Waals surface area (Å²) >= 11 is 0. The molecule has 6 nitrogen and oxygen atoms in total. The quantitative estimate of drug-likeness (QED) is 0.560. The van der Waals surface area contributed by atoms with Crippen LogP contribution in [0.2, 0.25) is 0 Å². The fraction of sp³-hybridized carbons (Fsp3) is 0.375. The van der Waals surface area contributed by atoms with Gasteiger partial charge in [0.05, 0.1) is 17.0 Å². The summed E-state index contributed by atoms with van der Waals surface area (Å²) < 4.78 is 72.0. The van der Waals surface area contributed by atoms with Gasteiger partial charge in [-0.1, -0.05) is 26.0 Å². The number of rotatable bonds is 4. The number of benzene rings is 2. The second kappa shape index (κ2) is 8.65. The van der Waals surface area contributed by atoms with E-state index in [0.29, 0.717) is 47.3 Å². The summed E-state index contributed by atoms with van der Waals surface area (Å²) in [5.41, 5.74) is 1.10. The number of anilines is 2. The number of sulfonamides is 1. The molecule has 0 saturated heterocycles. The van der Waals surface area contributed by atoms with E-state index in [9.17, 15) is 26.4 Å². The van der Waals surface area contributed by atoms with Gasteiger partial charge in [0.1, 0.15) is 11.4 Å². The molecule has 0 unspecified atom stereocenters. The number of nitrogens with one attached hydrogen (secondary N) is 2. The molecule has 182 valence electrons. The van der Waals surface area contributed by atoms with Crippen LogP contribution in [0, 0.1) is 0 Å². The molecule has 0 bridgehead atoms. The Bertz CT molecular complexity index is 1270. The molecule has 0 aliphatic carbocycles. The van der Waals surface area contributed by atoms with Crippen molar-refractivity contribution in [3.8, 4) is 5.75 Å². The molecule has 0 fully saturated rings. The van der Waals surface area contributed by atoms with Crippen molar-refractivity contribution in [2.24, 2.45) is 0 Å². The van der Waals surface area contributed by atoms with E-state index in [-0.39, 0.29) is 17.9 Å². The lowest BCUT2D eigenvalue weighted by Gasteiger charge is -2.39. The van der Waals surface area contributed by atoms with Crippen LogP contribution >= 0.6 is 0 Å².